The van der Waals surface area contributed by atoms with Crippen LogP contribution in [0.5, 0.6) is 11.5 Å². The monoisotopic (exact) mass is 713 g/mol. The van der Waals surface area contributed by atoms with Crippen molar-refractivity contribution in [3.05, 3.63) is 117 Å². The summed E-state index contributed by atoms with van der Waals surface area (Å²) in [6.45, 7) is 6.86. The third kappa shape index (κ3) is 5.43. The van der Waals surface area contributed by atoms with Crippen LogP contribution in [0, 0.1) is 13.8 Å². The van der Waals surface area contributed by atoms with Gasteiger partial charge in [-0.3, -0.25) is 13.5 Å². The van der Waals surface area contributed by atoms with E-state index in [-0.39, 0.29) is 32.8 Å². The molecule has 1 aromatic heterocycles. The fourth-order valence-electron chi connectivity index (χ4n) is 7.12. The Morgan fingerprint density at radius 3 is 2.14 bits per heavy atom. The van der Waals surface area contributed by atoms with Gasteiger partial charge in [0.25, 0.3) is 20.2 Å². The van der Waals surface area contributed by atoms with Crippen molar-refractivity contribution >= 4 is 52.8 Å². The van der Waals surface area contributed by atoms with Gasteiger partial charge in [-0.25, -0.2) is 0 Å². The zero-order valence-electron chi connectivity index (χ0n) is 28.2. The quantitative estimate of drug-likeness (QED) is 0.112. The zero-order chi connectivity index (χ0) is 35.9. The maximum absolute atomic E-state index is 14.5. The molecule has 5 aromatic carbocycles. The smallest absolute Gasteiger partial charge is 0.297 e. The van der Waals surface area contributed by atoms with Crippen LogP contribution in [0.15, 0.2) is 99.5 Å². The number of nitrogens with zero attached hydrogens (tertiary/aromatic N) is 1. The normalized spacial score (nSPS) is 17.5. The Morgan fingerprint density at radius 2 is 1.50 bits per heavy atom. The number of rotatable bonds is 6. The van der Waals surface area contributed by atoms with Crippen molar-refractivity contribution in [2.75, 3.05) is 7.11 Å². The van der Waals surface area contributed by atoms with E-state index >= 15 is 0 Å². The molecule has 12 heteroatoms. The van der Waals surface area contributed by atoms with Crippen molar-refractivity contribution in [2.45, 2.75) is 55.1 Å². The summed E-state index contributed by atoms with van der Waals surface area (Å²) < 4.78 is 84.8. The lowest BCUT2D eigenvalue weighted by atomic mass is 9.76. The number of aromatic nitrogens is 1. The van der Waals surface area contributed by atoms with E-state index in [1.54, 1.807) is 52.1 Å². The summed E-state index contributed by atoms with van der Waals surface area (Å²) in [5, 5.41) is 2.36. The molecule has 1 N–H and O–H groups in total. The third-order valence-electron chi connectivity index (χ3n) is 9.51. The Kier molecular flexibility index (Phi) is 7.87. The topological polar surface area (TPSA) is 138 Å². The molecule has 0 unspecified atom stereocenters. The standard InChI is InChI=1S/C38H35NO9S2/c1-21-11-14-25(15-12-21)50(44,45)48-37-32(27-17-22(2)13-16-31(27)49(41,42)43)33-30(47-38(37,3)4)20-29(46-6)34-35(33)39(5)28-19-24-10-8-7-9-23(24)18-26(28)36(34)40/h7-20,32,37H,1-6H3,(H,41,42,43)/t32-,37+/m1/s1. The van der Waals surface area contributed by atoms with Crippen LogP contribution in [-0.4, -0.2) is 44.8 Å². The molecule has 258 valence electrons. The number of aryl methyl sites for hydroxylation is 3. The summed E-state index contributed by atoms with van der Waals surface area (Å²) in [6.07, 6.45) is -1.40. The van der Waals surface area contributed by atoms with Crippen LogP contribution in [0.2, 0.25) is 0 Å². The van der Waals surface area contributed by atoms with Gasteiger partial charge >= 0.3 is 0 Å². The number of methoxy groups -OCH3 is 1. The van der Waals surface area contributed by atoms with Gasteiger partial charge in [0.15, 0.2) is 0 Å². The van der Waals surface area contributed by atoms with Crippen LogP contribution in [0.4, 0.5) is 0 Å². The molecule has 2 atom stereocenters. The van der Waals surface area contributed by atoms with Crippen molar-refractivity contribution in [2.24, 2.45) is 7.05 Å². The minimum absolute atomic E-state index is 0.0757. The number of ether oxygens (including phenoxy) is 2. The summed E-state index contributed by atoms with van der Waals surface area (Å²) in [5.74, 6) is -0.757. The second-order valence-corrected chi connectivity index (χ2v) is 16.3. The Balaban J connectivity index is 1.64. The Labute approximate surface area is 289 Å². The van der Waals surface area contributed by atoms with E-state index in [9.17, 15) is 26.2 Å². The lowest BCUT2D eigenvalue weighted by molar-refractivity contribution is -0.0337. The van der Waals surface area contributed by atoms with Crippen LogP contribution < -0.4 is 14.9 Å². The molecule has 0 aliphatic carbocycles. The molecule has 0 bridgehead atoms. The first-order valence-electron chi connectivity index (χ1n) is 15.8. The molecule has 0 amide bonds. The highest BCUT2D eigenvalue weighted by Gasteiger charge is 2.51. The predicted octanol–water partition coefficient (Wildman–Crippen LogP) is 6.79. The minimum atomic E-state index is -4.85. The van der Waals surface area contributed by atoms with Gasteiger partial charge in [-0.1, -0.05) is 59.7 Å². The molecule has 0 saturated carbocycles. The van der Waals surface area contributed by atoms with Gasteiger partial charge in [0.2, 0.25) is 5.43 Å². The van der Waals surface area contributed by atoms with Crippen molar-refractivity contribution in [1.82, 2.24) is 4.57 Å². The first-order valence-corrected chi connectivity index (χ1v) is 18.7. The Bertz CT molecular complexity index is 2660. The van der Waals surface area contributed by atoms with E-state index in [1.807, 2.05) is 47.9 Å². The first kappa shape index (κ1) is 33.7. The second kappa shape index (κ2) is 11.7. The van der Waals surface area contributed by atoms with Gasteiger partial charge < -0.3 is 14.0 Å². The summed E-state index contributed by atoms with van der Waals surface area (Å²) in [6, 6.07) is 23.5. The fraction of sp³-hybridized carbons (Fsp3) is 0.237. The fourth-order valence-corrected chi connectivity index (χ4v) is 9.04. The minimum Gasteiger partial charge on any atom is -0.496 e. The predicted molar refractivity (Wildman–Crippen MR) is 192 cm³/mol. The Hall–Kier alpha value is -4.75. The lowest BCUT2D eigenvalue weighted by Gasteiger charge is -2.45. The molecule has 0 saturated heterocycles. The van der Waals surface area contributed by atoms with Gasteiger partial charge in [0.1, 0.15) is 23.2 Å². The van der Waals surface area contributed by atoms with Gasteiger partial charge in [-0.15, -0.1) is 0 Å². The molecule has 0 spiro atoms. The number of hydrogen-bond acceptors (Lipinski definition) is 8. The molecule has 1 aliphatic rings. The molecule has 10 nitrogen and oxygen atoms in total. The van der Waals surface area contributed by atoms with Crippen molar-refractivity contribution in [3.8, 4) is 11.5 Å². The van der Waals surface area contributed by atoms with Gasteiger partial charge in [0, 0.05) is 30.0 Å². The average molecular weight is 714 g/mol. The van der Waals surface area contributed by atoms with Crippen LogP contribution in [0.3, 0.4) is 0 Å². The molecule has 0 radical (unpaired) electrons. The van der Waals surface area contributed by atoms with Crippen LogP contribution in [-0.2, 0) is 31.5 Å². The highest BCUT2D eigenvalue weighted by molar-refractivity contribution is 7.86. The average Bonchev–Trinajstić information content (AvgIpc) is 3.05. The number of pyridine rings is 1. The summed E-state index contributed by atoms with van der Waals surface area (Å²) in [5.41, 5.74) is 1.01. The second-order valence-electron chi connectivity index (χ2n) is 13.3. The van der Waals surface area contributed by atoms with Gasteiger partial charge in [0.05, 0.1) is 33.3 Å². The molecule has 50 heavy (non-hydrogen) atoms. The molecular formula is C38H35NO9S2. The summed E-state index contributed by atoms with van der Waals surface area (Å²) in [7, 11) is -6.11. The van der Waals surface area contributed by atoms with Gasteiger partial charge in [-0.05, 0) is 74.4 Å². The number of hydrogen-bond donors (Lipinski definition) is 1. The highest BCUT2D eigenvalue weighted by atomic mass is 32.2. The summed E-state index contributed by atoms with van der Waals surface area (Å²) >= 11 is 0. The Morgan fingerprint density at radius 1 is 0.860 bits per heavy atom. The van der Waals surface area contributed by atoms with Crippen LogP contribution in [0.1, 0.15) is 42.0 Å². The van der Waals surface area contributed by atoms with E-state index in [2.05, 4.69) is 0 Å². The molecular weight excluding hydrogens is 679 g/mol. The molecule has 0 fully saturated rings. The van der Waals surface area contributed by atoms with Crippen molar-refractivity contribution in [3.63, 3.8) is 0 Å². The van der Waals surface area contributed by atoms with E-state index < -0.39 is 42.8 Å². The third-order valence-corrected chi connectivity index (χ3v) is 11.7. The van der Waals surface area contributed by atoms with E-state index in [0.29, 0.717) is 27.5 Å². The molecule has 2 heterocycles. The van der Waals surface area contributed by atoms with E-state index in [4.69, 9.17) is 13.7 Å². The zero-order valence-corrected chi connectivity index (χ0v) is 29.8. The highest BCUT2D eigenvalue weighted by Crippen LogP contribution is 2.52. The SMILES string of the molecule is COc1cc2c(c3c1c(=O)c1cc4ccccc4cc1n3C)[C@@H](c1cc(C)ccc1S(=O)(=O)O)[C@H](OS(=O)(=O)c1ccc(C)cc1)C(C)(C)O2. The lowest BCUT2D eigenvalue weighted by Crippen LogP contribution is -2.51. The largest absolute Gasteiger partial charge is 0.496 e. The molecule has 1 aliphatic heterocycles. The van der Waals surface area contributed by atoms with Crippen LogP contribution in [0.25, 0.3) is 32.6 Å². The number of benzene rings is 5. The maximum atomic E-state index is 14.5. The van der Waals surface area contributed by atoms with E-state index in [0.717, 1.165) is 16.3 Å². The van der Waals surface area contributed by atoms with E-state index in [1.165, 1.54) is 31.4 Å². The maximum Gasteiger partial charge on any atom is 0.297 e. The molecule has 6 aromatic rings. The van der Waals surface area contributed by atoms with Crippen molar-refractivity contribution in [1.29, 1.82) is 0 Å². The summed E-state index contributed by atoms with van der Waals surface area (Å²) in [4.78, 5) is 14.0. The van der Waals surface area contributed by atoms with Crippen LogP contribution >= 0.6 is 0 Å². The van der Waals surface area contributed by atoms with Gasteiger partial charge in [-0.2, -0.15) is 16.8 Å². The number of fused-ring (bicyclic) bond motifs is 5. The first-order chi connectivity index (χ1) is 23.5. The van der Waals surface area contributed by atoms with Crippen molar-refractivity contribution < 1.29 is 35.0 Å². The molecule has 7 rings (SSSR count).